The molecule has 2 aliphatic rings. The molecule has 9 rings (SSSR count). The predicted molar refractivity (Wildman–Crippen MR) is 255 cm³/mol. The number of Topliss-reactive ketones (excluding diaryl/α,β-unsaturated/α-hetero) is 1. The Hall–Kier alpha value is -9.21. The Morgan fingerprint density at radius 2 is 1.06 bits per heavy atom. The first kappa shape index (κ1) is 46.9. The Bertz CT molecular complexity index is 3070. The summed E-state index contributed by atoms with van der Waals surface area (Å²) in [5.74, 6) is -6.51. The molecule has 354 valence electrons. The highest BCUT2D eigenvalue weighted by Gasteiger charge is 2.57. The average molecular weight is 951 g/mol. The molecule has 71 heavy (non-hydrogen) atoms. The summed E-state index contributed by atoms with van der Waals surface area (Å²) < 4.78 is 37.1. The SMILES string of the molecule is NCCCC(=O)c1ccc2c(c1CC=NO)C(=O)OC21c2ccc(OC(=O)c3ccccc3)c(C(=O)OCc3ccccc3)c2Oc2c1ccc(OC(=O)c1ccccc1)c2C(=O)OCc1ccccc1. The van der Waals surface area contributed by atoms with Gasteiger partial charge in [-0.3, -0.25) is 4.79 Å². The van der Waals surface area contributed by atoms with Gasteiger partial charge in [0.15, 0.2) is 22.9 Å². The molecule has 0 bridgehead atoms. The van der Waals surface area contributed by atoms with E-state index in [-0.39, 0.29) is 106 Å². The van der Waals surface area contributed by atoms with E-state index in [4.69, 9.17) is 34.2 Å². The van der Waals surface area contributed by atoms with Gasteiger partial charge in [0, 0.05) is 41.3 Å². The minimum atomic E-state index is -2.13. The largest absolute Gasteiger partial charge is 0.457 e. The summed E-state index contributed by atoms with van der Waals surface area (Å²) in [5.41, 5.74) is 4.57. The number of nitrogens with two attached hydrogens (primary N) is 1. The van der Waals surface area contributed by atoms with E-state index in [1.165, 1.54) is 60.7 Å². The Morgan fingerprint density at radius 1 is 0.592 bits per heavy atom. The maximum atomic E-state index is 14.8. The zero-order valence-corrected chi connectivity index (χ0v) is 37.7. The van der Waals surface area contributed by atoms with Crippen molar-refractivity contribution >= 4 is 41.8 Å². The van der Waals surface area contributed by atoms with Crippen LogP contribution in [0.1, 0.15) is 108 Å². The molecule has 0 amide bonds. The highest BCUT2D eigenvalue weighted by molar-refractivity contribution is 6.07. The first-order valence-electron chi connectivity index (χ1n) is 22.4. The number of carbonyl (C=O) groups excluding carboxylic acids is 6. The molecular weight excluding hydrogens is 909 g/mol. The first-order chi connectivity index (χ1) is 34.6. The lowest BCUT2D eigenvalue weighted by Crippen LogP contribution is -2.35. The monoisotopic (exact) mass is 950 g/mol. The van der Waals surface area contributed by atoms with Crippen molar-refractivity contribution in [3.63, 3.8) is 0 Å². The molecule has 0 saturated carbocycles. The van der Waals surface area contributed by atoms with Crippen molar-refractivity contribution in [2.45, 2.75) is 38.1 Å². The van der Waals surface area contributed by atoms with Crippen LogP contribution in [0.2, 0.25) is 0 Å². The number of esters is 5. The van der Waals surface area contributed by atoms with E-state index in [0.29, 0.717) is 17.5 Å². The van der Waals surface area contributed by atoms with Crippen LogP contribution < -0.4 is 19.9 Å². The number of nitrogens with zero attached hydrogens (tertiary/aromatic N) is 1. The molecule has 3 N–H and O–H groups in total. The molecule has 15 heteroatoms. The van der Waals surface area contributed by atoms with Crippen LogP contribution >= 0.6 is 0 Å². The molecule has 0 unspecified atom stereocenters. The molecule has 0 atom stereocenters. The summed E-state index contributed by atoms with van der Waals surface area (Å²) in [6.45, 7) is -0.273. The minimum Gasteiger partial charge on any atom is -0.457 e. The van der Waals surface area contributed by atoms with E-state index < -0.39 is 46.6 Å². The van der Waals surface area contributed by atoms with E-state index in [9.17, 15) is 34.0 Å². The van der Waals surface area contributed by atoms with Crippen molar-refractivity contribution in [1.82, 2.24) is 0 Å². The second-order valence-corrected chi connectivity index (χ2v) is 16.3. The Kier molecular flexibility index (Phi) is 13.6. The lowest BCUT2D eigenvalue weighted by Gasteiger charge is -2.38. The summed E-state index contributed by atoms with van der Waals surface area (Å²) >= 11 is 0. The van der Waals surface area contributed by atoms with Crippen LogP contribution in [-0.4, -0.2) is 53.6 Å². The molecule has 0 radical (unpaired) electrons. The van der Waals surface area contributed by atoms with E-state index in [1.54, 1.807) is 97.1 Å². The fourth-order valence-corrected chi connectivity index (χ4v) is 8.58. The summed E-state index contributed by atoms with van der Waals surface area (Å²) in [6, 6.07) is 42.1. The highest BCUT2D eigenvalue weighted by Crippen LogP contribution is 2.60. The Balaban J connectivity index is 1.32. The number of rotatable bonds is 16. The van der Waals surface area contributed by atoms with Crippen molar-refractivity contribution in [3.05, 3.63) is 224 Å². The second kappa shape index (κ2) is 20.6. The number of fused-ring (bicyclic) bond motifs is 6. The van der Waals surface area contributed by atoms with Crippen LogP contribution in [0.5, 0.6) is 23.0 Å². The smallest absolute Gasteiger partial charge is 0.346 e. The highest BCUT2D eigenvalue weighted by atomic mass is 16.6. The van der Waals surface area contributed by atoms with E-state index in [2.05, 4.69) is 5.16 Å². The van der Waals surface area contributed by atoms with Gasteiger partial charge < -0.3 is 39.4 Å². The lowest BCUT2D eigenvalue weighted by atomic mass is 9.75. The number of benzene rings is 7. The predicted octanol–water partition coefficient (Wildman–Crippen LogP) is 9.33. The fraction of sp³-hybridized carbons (Fsp3) is 0.125. The third-order valence-electron chi connectivity index (χ3n) is 11.9. The van der Waals surface area contributed by atoms with Crippen molar-refractivity contribution in [3.8, 4) is 23.0 Å². The Labute approximate surface area is 406 Å². The number of ether oxygens (including phenoxy) is 6. The molecule has 0 fully saturated rings. The molecule has 2 aliphatic heterocycles. The zero-order chi connectivity index (χ0) is 49.5. The second-order valence-electron chi connectivity index (χ2n) is 16.3. The van der Waals surface area contributed by atoms with Gasteiger partial charge in [-0.05, 0) is 78.2 Å². The van der Waals surface area contributed by atoms with Gasteiger partial charge in [0.1, 0.15) is 35.8 Å². The minimum absolute atomic E-state index is 0.00453. The van der Waals surface area contributed by atoms with Crippen LogP contribution in [0, 0.1) is 0 Å². The van der Waals surface area contributed by atoms with Gasteiger partial charge in [0.05, 0.1) is 16.7 Å². The summed E-state index contributed by atoms with van der Waals surface area (Å²) in [5, 5.41) is 12.8. The standard InChI is InChI=1S/C56H42N2O13/c57-30-13-22-43(59)38-23-24-40-46(39(38)29-31-58-65)55(64)71-56(40)41-25-27-44(68-51(60)36-18-9-3-10-19-36)47(53(62)66-32-34-14-5-1-6-15-34)49(41)70-50-42(56)26-28-45(69-52(61)37-20-11-4-12-21-37)48(50)54(63)67-33-35-16-7-2-8-17-35/h1-12,14-21,23-28,31,65H,13,22,29-30,32-33,57H2. The number of hydrogen-bond donors (Lipinski definition) is 2. The van der Waals surface area contributed by atoms with Crippen molar-refractivity contribution in [2.75, 3.05) is 6.54 Å². The normalized spacial score (nSPS) is 12.7. The molecule has 1 spiro atoms. The summed E-state index contributed by atoms with van der Waals surface area (Å²) in [6.07, 6.45) is 1.29. The molecule has 15 nitrogen and oxygen atoms in total. The summed E-state index contributed by atoms with van der Waals surface area (Å²) in [4.78, 5) is 85.8. The molecule has 2 heterocycles. The Morgan fingerprint density at radius 3 is 1.52 bits per heavy atom. The first-order valence-corrected chi connectivity index (χ1v) is 22.4. The van der Waals surface area contributed by atoms with Gasteiger partial charge >= 0.3 is 29.8 Å². The van der Waals surface area contributed by atoms with Crippen molar-refractivity contribution in [1.29, 1.82) is 0 Å². The quantitative estimate of drug-likeness (QED) is 0.0176. The maximum absolute atomic E-state index is 14.8. The van der Waals surface area contributed by atoms with Crippen molar-refractivity contribution < 1.29 is 62.4 Å². The lowest BCUT2D eigenvalue weighted by molar-refractivity contribution is 0.0221. The number of hydrogen-bond acceptors (Lipinski definition) is 15. The van der Waals surface area contributed by atoms with E-state index in [1.807, 2.05) is 0 Å². The van der Waals surface area contributed by atoms with Crippen LogP contribution in [0.15, 0.2) is 163 Å². The van der Waals surface area contributed by atoms with Gasteiger partial charge in [-0.1, -0.05) is 109 Å². The van der Waals surface area contributed by atoms with Crippen LogP contribution in [0.3, 0.4) is 0 Å². The van der Waals surface area contributed by atoms with Gasteiger partial charge in [-0.2, -0.15) is 0 Å². The topological polar surface area (TPSA) is 216 Å². The van der Waals surface area contributed by atoms with E-state index in [0.717, 1.165) is 6.21 Å². The third kappa shape index (κ3) is 9.24. The van der Waals surface area contributed by atoms with E-state index >= 15 is 0 Å². The molecular formula is C56H42N2O13. The fourth-order valence-electron chi connectivity index (χ4n) is 8.58. The third-order valence-corrected chi connectivity index (χ3v) is 11.9. The number of carbonyl (C=O) groups is 6. The number of oxime groups is 1. The van der Waals surface area contributed by atoms with Gasteiger partial charge in [-0.25, -0.2) is 24.0 Å². The molecule has 0 aliphatic carbocycles. The molecule has 0 saturated heterocycles. The molecule has 0 aromatic heterocycles. The molecule has 7 aromatic carbocycles. The van der Waals surface area contributed by atoms with Crippen LogP contribution in [0.25, 0.3) is 0 Å². The number of ketones is 1. The molecule has 7 aromatic rings. The zero-order valence-electron chi connectivity index (χ0n) is 37.7. The van der Waals surface area contributed by atoms with Crippen molar-refractivity contribution in [2.24, 2.45) is 10.9 Å². The maximum Gasteiger partial charge on any atom is 0.346 e. The van der Waals surface area contributed by atoms with Gasteiger partial charge in [0.25, 0.3) is 0 Å². The van der Waals surface area contributed by atoms with Crippen LogP contribution in [-0.2, 0) is 39.4 Å². The van der Waals surface area contributed by atoms with Gasteiger partial charge in [0.2, 0.25) is 0 Å². The van der Waals surface area contributed by atoms with Crippen LogP contribution in [0.4, 0.5) is 0 Å². The van der Waals surface area contributed by atoms with Gasteiger partial charge in [-0.15, -0.1) is 5.16 Å². The average Bonchev–Trinajstić information content (AvgIpc) is 3.70. The summed E-state index contributed by atoms with van der Waals surface area (Å²) in [7, 11) is 0.